The average Bonchev–Trinajstić information content (AvgIpc) is 2.17. The van der Waals surface area contributed by atoms with Gasteiger partial charge in [-0.3, -0.25) is 0 Å². The molecule has 0 amide bonds. The molecule has 0 radical (unpaired) electrons. The van der Waals surface area contributed by atoms with Crippen LogP contribution in [-0.4, -0.2) is 31.4 Å². The van der Waals surface area contributed by atoms with E-state index in [4.69, 9.17) is 17.1 Å². The molecule has 0 spiro atoms. The molecule has 0 aliphatic carbocycles. The predicted molar refractivity (Wildman–Crippen MR) is 52.8 cm³/mol. The minimum absolute atomic E-state index is 0.527. The SMILES string of the molecule is CCOC(C)(C)C([O][Hf])(OCC)OCC. The van der Waals surface area contributed by atoms with E-state index in [2.05, 4.69) is 0 Å². The molecule has 0 aromatic carbocycles. The molecule has 0 saturated heterocycles. The fourth-order valence-electron chi connectivity index (χ4n) is 1.40. The molecule has 0 unspecified atom stereocenters. The predicted octanol–water partition coefficient (Wildman–Crippen LogP) is 2.01. The van der Waals surface area contributed by atoms with Crippen LogP contribution in [-0.2, 0) is 41.9 Å². The van der Waals surface area contributed by atoms with Gasteiger partial charge in [0.15, 0.2) is 0 Å². The zero-order valence-electron chi connectivity index (χ0n) is 10.3. The van der Waals surface area contributed by atoms with Crippen LogP contribution in [0.2, 0.25) is 0 Å². The maximum absolute atomic E-state index is 5.64. The average molecular weight is 384 g/mol. The third-order valence-corrected chi connectivity index (χ3v) is 3.01. The van der Waals surface area contributed by atoms with Crippen LogP contribution in [0.5, 0.6) is 0 Å². The van der Waals surface area contributed by atoms with E-state index in [1.165, 1.54) is 0 Å². The molecular formula is C10H21HfO4. The van der Waals surface area contributed by atoms with Gasteiger partial charge in [0.2, 0.25) is 0 Å². The number of hydrogen-bond acceptors (Lipinski definition) is 4. The quantitative estimate of drug-likeness (QED) is 0.474. The molecule has 0 aromatic heterocycles. The Morgan fingerprint density at radius 1 is 0.867 bits per heavy atom. The molecule has 0 aliphatic heterocycles. The molecule has 89 valence electrons. The molecule has 4 nitrogen and oxygen atoms in total. The molecule has 0 fully saturated rings. The van der Waals surface area contributed by atoms with Crippen molar-refractivity contribution in [2.24, 2.45) is 0 Å². The van der Waals surface area contributed by atoms with E-state index >= 15 is 0 Å². The van der Waals surface area contributed by atoms with E-state index in [9.17, 15) is 0 Å². The molecule has 0 aliphatic rings. The Balaban J connectivity index is 4.84. The third kappa shape index (κ3) is 3.89. The topological polar surface area (TPSA) is 36.9 Å². The van der Waals surface area contributed by atoms with Gasteiger partial charge in [0, 0.05) is 0 Å². The van der Waals surface area contributed by atoms with Gasteiger partial charge in [-0.05, 0) is 0 Å². The molecular weight excluding hydrogens is 363 g/mol. The number of rotatable bonds is 8. The number of hydrogen-bond donors (Lipinski definition) is 0. The Morgan fingerprint density at radius 2 is 1.27 bits per heavy atom. The van der Waals surface area contributed by atoms with Gasteiger partial charge in [-0.15, -0.1) is 0 Å². The van der Waals surface area contributed by atoms with Gasteiger partial charge in [-0.1, -0.05) is 0 Å². The van der Waals surface area contributed by atoms with Crippen molar-refractivity contribution >= 4 is 0 Å². The Labute approximate surface area is 108 Å². The van der Waals surface area contributed by atoms with Crippen molar-refractivity contribution in [2.45, 2.75) is 46.2 Å². The standard InChI is InChI=1S/C10H21O4.Hf/c1-6-12-9(4,5)10(11,13-7-2)14-8-3;/h6-8H2,1-5H3;/q-1;+1. The van der Waals surface area contributed by atoms with Crippen molar-refractivity contribution in [2.75, 3.05) is 19.8 Å². The molecule has 0 atom stereocenters. The third-order valence-electron chi connectivity index (χ3n) is 2.05. The van der Waals surface area contributed by atoms with Gasteiger partial charge in [-0.25, -0.2) is 0 Å². The minimum atomic E-state index is -1.07. The molecule has 0 saturated carbocycles. The van der Waals surface area contributed by atoms with Gasteiger partial charge in [0.05, 0.1) is 0 Å². The van der Waals surface area contributed by atoms with Crippen molar-refractivity contribution in [3.8, 4) is 0 Å². The summed E-state index contributed by atoms with van der Waals surface area (Å²) in [6.07, 6.45) is 0. The summed E-state index contributed by atoms with van der Waals surface area (Å²) in [5.74, 6) is -1.07. The zero-order chi connectivity index (χ0) is 11.9. The summed E-state index contributed by atoms with van der Waals surface area (Å²) in [4.78, 5) is 0. The van der Waals surface area contributed by atoms with Crippen molar-refractivity contribution in [1.29, 1.82) is 0 Å². The van der Waals surface area contributed by atoms with Crippen molar-refractivity contribution in [3.63, 3.8) is 0 Å². The molecule has 0 aromatic rings. The first kappa shape index (κ1) is 15.7. The summed E-state index contributed by atoms with van der Waals surface area (Å²) in [5.41, 5.74) is -0.616. The van der Waals surface area contributed by atoms with Crippen molar-refractivity contribution in [3.05, 3.63) is 0 Å². The van der Waals surface area contributed by atoms with Gasteiger partial charge in [0.25, 0.3) is 0 Å². The first-order valence-corrected chi connectivity index (χ1v) is 6.72. The maximum atomic E-state index is 5.64. The van der Waals surface area contributed by atoms with E-state index in [0.29, 0.717) is 44.6 Å². The fraction of sp³-hybridized carbons (Fsp3) is 1.00. The van der Waals surface area contributed by atoms with Crippen LogP contribution in [0.15, 0.2) is 0 Å². The summed E-state index contributed by atoms with van der Waals surface area (Å²) < 4.78 is 22.3. The van der Waals surface area contributed by atoms with E-state index in [0.717, 1.165) is 0 Å². The van der Waals surface area contributed by atoms with Crippen LogP contribution in [0.4, 0.5) is 0 Å². The molecule has 0 N–H and O–H groups in total. The van der Waals surface area contributed by atoms with E-state index in [1.54, 1.807) is 0 Å². The second kappa shape index (κ2) is 7.12. The van der Waals surface area contributed by atoms with Gasteiger partial charge < -0.3 is 0 Å². The summed E-state index contributed by atoms with van der Waals surface area (Å²) >= 11 is 0.533. The van der Waals surface area contributed by atoms with Crippen molar-refractivity contribution in [1.82, 2.24) is 0 Å². The Morgan fingerprint density at radius 3 is 1.53 bits per heavy atom. The Hall–Kier alpha value is 0.710. The normalized spacial score (nSPS) is 13.1. The van der Waals surface area contributed by atoms with Crippen LogP contribution < -0.4 is 0 Å². The second-order valence-electron chi connectivity index (χ2n) is 3.47. The molecule has 0 rings (SSSR count). The summed E-state index contributed by atoms with van der Waals surface area (Å²) in [5, 5.41) is 0. The summed E-state index contributed by atoms with van der Waals surface area (Å²) in [6.45, 7) is 11.3. The van der Waals surface area contributed by atoms with Gasteiger partial charge >= 0.3 is 108 Å². The molecule has 0 heterocycles. The molecule has 0 bridgehead atoms. The molecule has 15 heavy (non-hydrogen) atoms. The monoisotopic (exact) mass is 385 g/mol. The first-order valence-electron chi connectivity index (χ1n) is 5.26. The second-order valence-corrected chi connectivity index (χ2v) is 4.20. The number of ether oxygens (including phenoxy) is 3. The van der Waals surface area contributed by atoms with Crippen LogP contribution in [0.3, 0.4) is 0 Å². The van der Waals surface area contributed by atoms with Crippen LogP contribution in [0.25, 0.3) is 0 Å². The fourth-order valence-corrected chi connectivity index (χ4v) is 2.71. The van der Waals surface area contributed by atoms with Crippen LogP contribution in [0.1, 0.15) is 34.6 Å². The van der Waals surface area contributed by atoms with Crippen LogP contribution >= 0.6 is 0 Å². The summed E-state index contributed by atoms with van der Waals surface area (Å²) in [7, 11) is 0. The zero-order valence-corrected chi connectivity index (χ0v) is 13.8. The van der Waals surface area contributed by atoms with Crippen LogP contribution in [0, 0.1) is 0 Å². The van der Waals surface area contributed by atoms with Gasteiger partial charge in [-0.2, -0.15) is 0 Å². The van der Waals surface area contributed by atoms with E-state index < -0.39 is 11.6 Å². The summed E-state index contributed by atoms with van der Waals surface area (Å²) in [6, 6.07) is 0. The Bertz CT molecular complexity index is 167. The first-order chi connectivity index (χ1) is 6.99. The van der Waals surface area contributed by atoms with Crippen molar-refractivity contribution < 1.29 is 41.9 Å². The van der Waals surface area contributed by atoms with Gasteiger partial charge in [0.1, 0.15) is 0 Å². The Kier molecular flexibility index (Phi) is 7.45. The van der Waals surface area contributed by atoms with E-state index in [1.807, 2.05) is 34.6 Å². The molecule has 5 heteroatoms. The van der Waals surface area contributed by atoms with E-state index in [-0.39, 0.29) is 0 Å².